The molecular weight excluding hydrogens is 203 g/mol. The highest BCUT2D eigenvalue weighted by molar-refractivity contribution is 5.98. The molecule has 1 N–H and O–H groups in total. The molecule has 0 aliphatic rings. The van der Waals surface area contributed by atoms with Gasteiger partial charge >= 0.3 is 5.97 Å². The molecule has 15 heavy (non-hydrogen) atoms. The van der Waals surface area contributed by atoms with Crippen LogP contribution in [0, 0.1) is 5.82 Å². The number of fused-ring (bicyclic) bond motifs is 1. The van der Waals surface area contributed by atoms with Crippen LogP contribution in [0.2, 0.25) is 0 Å². The Labute approximate surface area is 83.9 Å². The molecule has 1 aromatic heterocycles. The van der Waals surface area contributed by atoms with Gasteiger partial charge in [-0.25, -0.2) is 9.18 Å². The Morgan fingerprint density at radius 1 is 1.53 bits per heavy atom. The number of carboxylic acids is 1. The van der Waals surface area contributed by atoms with Crippen LogP contribution in [0.4, 0.5) is 4.39 Å². The molecular formula is C10H7FO4. The highest BCUT2D eigenvalue weighted by Crippen LogP contribution is 2.34. The van der Waals surface area contributed by atoms with Crippen LogP contribution in [0.25, 0.3) is 11.0 Å². The molecule has 0 aliphatic heterocycles. The maximum Gasteiger partial charge on any atom is 0.375 e. The summed E-state index contributed by atoms with van der Waals surface area (Å²) in [6, 6.07) is 4.19. The quantitative estimate of drug-likeness (QED) is 0.825. The van der Waals surface area contributed by atoms with Gasteiger partial charge in [-0.3, -0.25) is 0 Å². The van der Waals surface area contributed by atoms with E-state index in [2.05, 4.69) is 0 Å². The Morgan fingerprint density at radius 3 is 2.87 bits per heavy atom. The van der Waals surface area contributed by atoms with Crippen molar-refractivity contribution in [3.8, 4) is 5.75 Å². The van der Waals surface area contributed by atoms with Gasteiger partial charge in [-0.2, -0.15) is 0 Å². The van der Waals surface area contributed by atoms with Crippen LogP contribution < -0.4 is 4.74 Å². The number of ether oxygens (including phenoxy) is 1. The van der Waals surface area contributed by atoms with Crippen molar-refractivity contribution in [2.75, 3.05) is 7.11 Å². The molecule has 0 fully saturated rings. The Hall–Kier alpha value is -2.04. The number of halogens is 1. The fourth-order valence-corrected chi connectivity index (χ4v) is 1.41. The normalized spacial score (nSPS) is 10.5. The van der Waals surface area contributed by atoms with Crippen LogP contribution in [-0.4, -0.2) is 18.2 Å². The third-order valence-electron chi connectivity index (χ3n) is 2.02. The lowest BCUT2D eigenvalue weighted by atomic mass is 10.2. The average molecular weight is 210 g/mol. The first kappa shape index (κ1) is 9.51. The van der Waals surface area contributed by atoms with Crippen molar-refractivity contribution in [3.05, 3.63) is 29.8 Å². The molecule has 0 bridgehead atoms. The van der Waals surface area contributed by atoms with E-state index in [0.29, 0.717) is 5.39 Å². The Bertz CT molecular complexity index is 529. The van der Waals surface area contributed by atoms with Gasteiger partial charge < -0.3 is 14.3 Å². The standard InChI is InChI=1S/C10H7FO4/c1-14-8-5-3-2-4-6(11)7(5)15-9(8)10(12)13/h2-4H,1H3,(H,12,13). The fraction of sp³-hybridized carbons (Fsp3) is 0.100. The maximum absolute atomic E-state index is 13.2. The number of furan rings is 1. The van der Waals surface area contributed by atoms with E-state index >= 15 is 0 Å². The van der Waals surface area contributed by atoms with E-state index in [1.807, 2.05) is 0 Å². The van der Waals surface area contributed by atoms with Gasteiger partial charge in [0.05, 0.1) is 12.5 Å². The molecule has 0 saturated carbocycles. The first-order chi connectivity index (χ1) is 7.15. The summed E-state index contributed by atoms with van der Waals surface area (Å²) in [6.45, 7) is 0. The zero-order valence-electron chi connectivity index (χ0n) is 7.78. The molecule has 0 spiro atoms. The number of benzene rings is 1. The van der Waals surface area contributed by atoms with Crippen molar-refractivity contribution in [1.29, 1.82) is 0 Å². The predicted octanol–water partition coefficient (Wildman–Crippen LogP) is 2.28. The zero-order valence-corrected chi connectivity index (χ0v) is 7.78. The number of carbonyl (C=O) groups is 1. The summed E-state index contributed by atoms with van der Waals surface area (Å²) in [5.41, 5.74) is -0.105. The number of hydrogen-bond donors (Lipinski definition) is 1. The van der Waals surface area contributed by atoms with Crippen molar-refractivity contribution in [3.63, 3.8) is 0 Å². The predicted molar refractivity (Wildman–Crippen MR) is 49.7 cm³/mol. The SMILES string of the molecule is COc1c(C(=O)O)oc2c(F)cccc12. The highest BCUT2D eigenvalue weighted by Gasteiger charge is 2.22. The van der Waals surface area contributed by atoms with Crippen molar-refractivity contribution in [2.24, 2.45) is 0 Å². The molecule has 4 nitrogen and oxygen atoms in total. The molecule has 2 rings (SSSR count). The van der Waals surface area contributed by atoms with E-state index in [9.17, 15) is 9.18 Å². The fourth-order valence-electron chi connectivity index (χ4n) is 1.41. The maximum atomic E-state index is 13.2. The van der Waals surface area contributed by atoms with E-state index in [4.69, 9.17) is 14.3 Å². The van der Waals surface area contributed by atoms with Gasteiger partial charge in [0.25, 0.3) is 5.76 Å². The largest absolute Gasteiger partial charge is 0.492 e. The number of hydrogen-bond acceptors (Lipinski definition) is 3. The molecule has 1 heterocycles. The number of methoxy groups -OCH3 is 1. The van der Waals surface area contributed by atoms with Crippen LogP contribution in [0.15, 0.2) is 22.6 Å². The summed E-state index contributed by atoms with van der Waals surface area (Å²) >= 11 is 0. The number of para-hydroxylation sites is 1. The summed E-state index contributed by atoms with van der Waals surface area (Å²) in [6.07, 6.45) is 0. The Balaban J connectivity index is 2.84. The lowest BCUT2D eigenvalue weighted by molar-refractivity contribution is 0.0660. The van der Waals surface area contributed by atoms with Crippen LogP contribution in [0.1, 0.15) is 10.6 Å². The minimum absolute atomic E-state index is 0.0389. The second-order valence-electron chi connectivity index (χ2n) is 2.89. The van der Waals surface area contributed by atoms with Crippen LogP contribution in [0.5, 0.6) is 5.75 Å². The summed E-state index contributed by atoms with van der Waals surface area (Å²) < 4.78 is 23.0. The summed E-state index contributed by atoms with van der Waals surface area (Å²) in [4.78, 5) is 10.8. The van der Waals surface area contributed by atoms with E-state index in [-0.39, 0.29) is 11.3 Å². The second-order valence-corrected chi connectivity index (χ2v) is 2.89. The molecule has 0 radical (unpaired) electrons. The van der Waals surface area contributed by atoms with Gasteiger partial charge in [0, 0.05) is 0 Å². The summed E-state index contributed by atoms with van der Waals surface area (Å²) in [5, 5.41) is 9.11. The third kappa shape index (κ3) is 1.32. The molecule has 0 aliphatic carbocycles. The number of aromatic carboxylic acids is 1. The zero-order chi connectivity index (χ0) is 11.0. The molecule has 2 aromatic rings. The van der Waals surface area contributed by atoms with Crippen molar-refractivity contribution < 1.29 is 23.4 Å². The van der Waals surface area contributed by atoms with Gasteiger partial charge in [-0.1, -0.05) is 6.07 Å². The third-order valence-corrected chi connectivity index (χ3v) is 2.02. The Kier molecular flexibility index (Phi) is 2.07. The Morgan fingerprint density at radius 2 is 2.27 bits per heavy atom. The van der Waals surface area contributed by atoms with Gasteiger partial charge in [0.1, 0.15) is 0 Å². The molecule has 0 atom stereocenters. The monoisotopic (exact) mass is 210 g/mol. The molecule has 5 heteroatoms. The van der Waals surface area contributed by atoms with Crippen LogP contribution >= 0.6 is 0 Å². The van der Waals surface area contributed by atoms with Crippen molar-refractivity contribution >= 4 is 16.9 Å². The summed E-state index contributed by atoms with van der Waals surface area (Å²) in [7, 11) is 1.31. The average Bonchev–Trinajstić information content (AvgIpc) is 2.57. The van der Waals surface area contributed by atoms with Gasteiger partial charge in [-0.05, 0) is 12.1 Å². The minimum Gasteiger partial charge on any atom is -0.492 e. The second kappa shape index (κ2) is 3.27. The van der Waals surface area contributed by atoms with Crippen molar-refractivity contribution in [1.82, 2.24) is 0 Å². The topological polar surface area (TPSA) is 59.7 Å². The van der Waals surface area contributed by atoms with Gasteiger partial charge in [0.2, 0.25) is 0 Å². The molecule has 0 unspecified atom stereocenters. The van der Waals surface area contributed by atoms with E-state index < -0.39 is 17.5 Å². The molecule has 0 saturated heterocycles. The van der Waals surface area contributed by atoms with Gasteiger partial charge in [-0.15, -0.1) is 0 Å². The van der Waals surface area contributed by atoms with Gasteiger partial charge in [0.15, 0.2) is 17.1 Å². The highest BCUT2D eigenvalue weighted by atomic mass is 19.1. The number of rotatable bonds is 2. The minimum atomic E-state index is -1.29. The van der Waals surface area contributed by atoms with Crippen molar-refractivity contribution in [2.45, 2.75) is 0 Å². The lowest BCUT2D eigenvalue weighted by Crippen LogP contribution is -1.96. The lowest BCUT2D eigenvalue weighted by Gasteiger charge is -1.95. The van der Waals surface area contributed by atoms with Crippen LogP contribution in [-0.2, 0) is 0 Å². The smallest absolute Gasteiger partial charge is 0.375 e. The van der Waals surface area contributed by atoms with E-state index in [1.165, 1.54) is 25.3 Å². The van der Waals surface area contributed by atoms with E-state index in [0.717, 1.165) is 0 Å². The first-order valence-corrected chi connectivity index (χ1v) is 4.13. The molecule has 78 valence electrons. The van der Waals surface area contributed by atoms with E-state index in [1.54, 1.807) is 0 Å². The molecule has 0 amide bonds. The number of carboxylic acid groups (broad SMARTS) is 1. The molecule has 1 aromatic carbocycles. The summed E-state index contributed by atoms with van der Waals surface area (Å²) in [5.74, 6) is -2.25. The van der Waals surface area contributed by atoms with Crippen LogP contribution in [0.3, 0.4) is 0 Å². The first-order valence-electron chi connectivity index (χ1n) is 4.13.